The second-order valence-corrected chi connectivity index (χ2v) is 9.17. The standard InChI is InChI=1S/C21H25N5O5S/c1-4-12-25(13-5-2)32(30,31)19-14-15(26(28)29)10-11-17(19)22-23-20-16-8-6-7-9-18(16)24(3)21(20)27/h6-11,14,27H,4-5,12-13H2,1-3H3. The van der Waals surface area contributed by atoms with E-state index in [1.165, 1.54) is 16.4 Å². The second kappa shape index (κ2) is 9.45. The lowest BCUT2D eigenvalue weighted by molar-refractivity contribution is -0.385. The van der Waals surface area contributed by atoms with E-state index in [0.29, 0.717) is 18.2 Å². The molecule has 0 amide bonds. The van der Waals surface area contributed by atoms with Crippen molar-refractivity contribution in [1.82, 2.24) is 8.87 Å². The maximum absolute atomic E-state index is 13.4. The maximum Gasteiger partial charge on any atom is 0.270 e. The van der Waals surface area contributed by atoms with Crippen LogP contribution in [0.2, 0.25) is 0 Å². The highest BCUT2D eigenvalue weighted by atomic mass is 32.2. The minimum atomic E-state index is -4.06. The number of hydrogen-bond donors (Lipinski definition) is 1. The molecule has 0 fully saturated rings. The molecule has 0 saturated heterocycles. The van der Waals surface area contributed by atoms with Gasteiger partial charge < -0.3 is 9.67 Å². The number of benzene rings is 2. The van der Waals surface area contributed by atoms with E-state index >= 15 is 0 Å². The van der Waals surface area contributed by atoms with Crippen LogP contribution in [0.1, 0.15) is 26.7 Å². The van der Waals surface area contributed by atoms with Crippen molar-refractivity contribution in [3.8, 4) is 5.88 Å². The summed E-state index contributed by atoms with van der Waals surface area (Å²) in [5, 5.41) is 30.6. The van der Waals surface area contributed by atoms with E-state index in [1.807, 2.05) is 26.0 Å². The molecule has 1 N–H and O–H groups in total. The zero-order valence-corrected chi connectivity index (χ0v) is 18.9. The van der Waals surface area contributed by atoms with Gasteiger partial charge in [0.2, 0.25) is 15.9 Å². The van der Waals surface area contributed by atoms with E-state index in [1.54, 1.807) is 23.7 Å². The number of fused-ring (bicyclic) bond motifs is 1. The normalized spacial score (nSPS) is 12.2. The number of azo groups is 1. The van der Waals surface area contributed by atoms with Gasteiger partial charge in [0.1, 0.15) is 10.6 Å². The topological polar surface area (TPSA) is 130 Å². The molecule has 10 nitrogen and oxygen atoms in total. The summed E-state index contributed by atoms with van der Waals surface area (Å²) in [4.78, 5) is 10.3. The largest absolute Gasteiger partial charge is 0.493 e. The summed E-state index contributed by atoms with van der Waals surface area (Å²) in [6, 6.07) is 10.6. The van der Waals surface area contributed by atoms with E-state index in [2.05, 4.69) is 10.2 Å². The van der Waals surface area contributed by atoms with Gasteiger partial charge in [-0.3, -0.25) is 10.1 Å². The van der Waals surface area contributed by atoms with Crippen molar-refractivity contribution < 1.29 is 18.4 Å². The third-order valence-electron chi connectivity index (χ3n) is 5.03. The zero-order valence-electron chi connectivity index (χ0n) is 18.1. The van der Waals surface area contributed by atoms with Crippen molar-refractivity contribution in [2.45, 2.75) is 31.6 Å². The Morgan fingerprint density at radius 1 is 1.09 bits per heavy atom. The molecule has 170 valence electrons. The fourth-order valence-corrected chi connectivity index (χ4v) is 5.22. The van der Waals surface area contributed by atoms with Gasteiger partial charge in [0.25, 0.3) is 5.69 Å². The van der Waals surface area contributed by atoms with Crippen LogP contribution in [0.25, 0.3) is 10.9 Å². The summed E-state index contributed by atoms with van der Waals surface area (Å²) in [5.74, 6) is -0.125. The highest BCUT2D eigenvalue weighted by molar-refractivity contribution is 7.89. The van der Waals surface area contributed by atoms with Crippen LogP contribution in [0, 0.1) is 10.1 Å². The van der Waals surface area contributed by atoms with E-state index in [4.69, 9.17) is 0 Å². The smallest absolute Gasteiger partial charge is 0.270 e. The van der Waals surface area contributed by atoms with Gasteiger partial charge >= 0.3 is 0 Å². The Hall–Kier alpha value is -3.31. The lowest BCUT2D eigenvalue weighted by Gasteiger charge is -2.21. The Morgan fingerprint density at radius 2 is 1.75 bits per heavy atom. The number of aromatic nitrogens is 1. The van der Waals surface area contributed by atoms with Gasteiger partial charge in [-0.15, -0.1) is 10.2 Å². The zero-order chi connectivity index (χ0) is 23.5. The van der Waals surface area contributed by atoms with Gasteiger partial charge in [0.05, 0.1) is 10.4 Å². The number of sulfonamides is 1. The third kappa shape index (κ3) is 4.34. The van der Waals surface area contributed by atoms with Crippen molar-refractivity contribution in [1.29, 1.82) is 0 Å². The van der Waals surface area contributed by atoms with Crippen molar-refractivity contribution in [2.24, 2.45) is 17.3 Å². The van der Waals surface area contributed by atoms with Crippen LogP contribution in [0.5, 0.6) is 5.88 Å². The molecule has 0 spiro atoms. The molecule has 0 atom stereocenters. The molecule has 0 radical (unpaired) electrons. The summed E-state index contributed by atoms with van der Waals surface area (Å²) >= 11 is 0. The molecule has 1 heterocycles. The summed E-state index contributed by atoms with van der Waals surface area (Å²) < 4.78 is 29.5. The number of para-hydroxylation sites is 1. The Kier molecular flexibility index (Phi) is 6.90. The first-order chi connectivity index (χ1) is 15.2. The van der Waals surface area contributed by atoms with Crippen LogP contribution >= 0.6 is 0 Å². The number of nitro benzene ring substituents is 1. The third-order valence-corrected chi connectivity index (χ3v) is 6.95. The van der Waals surface area contributed by atoms with Gasteiger partial charge in [-0.25, -0.2) is 8.42 Å². The first-order valence-electron chi connectivity index (χ1n) is 10.2. The Balaban J connectivity index is 2.16. The van der Waals surface area contributed by atoms with Crippen molar-refractivity contribution >= 4 is 38.0 Å². The lowest BCUT2D eigenvalue weighted by atomic mass is 10.2. The molecule has 0 unspecified atom stereocenters. The fourth-order valence-electron chi connectivity index (χ4n) is 3.46. The van der Waals surface area contributed by atoms with Crippen molar-refractivity contribution in [3.05, 3.63) is 52.6 Å². The molecular formula is C21H25N5O5S. The van der Waals surface area contributed by atoms with Gasteiger partial charge in [0, 0.05) is 37.7 Å². The van der Waals surface area contributed by atoms with E-state index in [-0.39, 0.29) is 40.9 Å². The number of non-ortho nitro benzene ring substituents is 1. The second-order valence-electron chi connectivity index (χ2n) is 7.26. The summed E-state index contributed by atoms with van der Waals surface area (Å²) in [7, 11) is -2.38. The van der Waals surface area contributed by atoms with Crippen molar-refractivity contribution in [2.75, 3.05) is 13.1 Å². The van der Waals surface area contributed by atoms with Crippen molar-refractivity contribution in [3.63, 3.8) is 0 Å². The van der Waals surface area contributed by atoms with Crippen LogP contribution in [0.4, 0.5) is 17.1 Å². The van der Waals surface area contributed by atoms with Crippen LogP contribution in [0.3, 0.4) is 0 Å². The number of aryl methyl sites for hydroxylation is 1. The minimum absolute atomic E-state index is 0.0415. The predicted octanol–water partition coefficient (Wildman–Crippen LogP) is 5.02. The first-order valence-corrected chi connectivity index (χ1v) is 11.6. The molecule has 0 aliphatic heterocycles. The Bertz CT molecular complexity index is 1280. The number of nitro groups is 1. The molecule has 2 aromatic carbocycles. The molecule has 3 rings (SSSR count). The molecule has 0 aliphatic carbocycles. The quantitative estimate of drug-likeness (QED) is 0.273. The number of hydrogen-bond acceptors (Lipinski definition) is 7. The maximum atomic E-state index is 13.4. The van der Waals surface area contributed by atoms with Crippen LogP contribution in [-0.4, -0.2) is 40.4 Å². The number of nitrogens with zero attached hydrogens (tertiary/aromatic N) is 5. The average molecular weight is 460 g/mol. The Labute approximate surface area is 186 Å². The molecule has 1 aromatic heterocycles. The predicted molar refractivity (Wildman–Crippen MR) is 121 cm³/mol. The summed E-state index contributed by atoms with van der Waals surface area (Å²) in [6.45, 7) is 4.27. The Morgan fingerprint density at radius 3 is 2.38 bits per heavy atom. The monoisotopic (exact) mass is 459 g/mol. The highest BCUT2D eigenvalue weighted by Gasteiger charge is 2.28. The van der Waals surface area contributed by atoms with Gasteiger partial charge in [-0.05, 0) is 25.0 Å². The number of rotatable bonds is 9. The molecular weight excluding hydrogens is 434 g/mol. The molecule has 0 bridgehead atoms. The molecule has 0 saturated carbocycles. The first kappa shape index (κ1) is 23.4. The molecule has 3 aromatic rings. The molecule has 11 heteroatoms. The highest BCUT2D eigenvalue weighted by Crippen LogP contribution is 2.39. The fraction of sp³-hybridized carbons (Fsp3) is 0.333. The lowest BCUT2D eigenvalue weighted by Crippen LogP contribution is -2.32. The number of aromatic hydroxyl groups is 1. The molecule has 0 aliphatic rings. The van der Waals surface area contributed by atoms with Crippen LogP contribution in [0.15, 0.2) is 57.6 Å². The van der Waals surface area contributed by atoms with Crippen LogP contribution < -0.4 is 0 Å². The van der Waals surface area contributed by atoms with Crippen LogP contribution in [-0.2, 0) is 17.1 Å². The van der Waals surface area contributed by atoms with E-state index in [0.717, 1.165) is 11.6 Å². The SMILES string of the molecule is CCCN(CCC)S(=O)(=O)c1cc([N+](=O)[O-])ccc1N=Nc1c(O)n(C)c2ccccc12. The average Bonchev–Trinajstić information content (AvgIpc) is 3.02. The van der Waals surface area contributed by atoms with Gasteiger partial charge in [0.15, 0.2) is 5.69 Å². The van der Waals surface area contributed by atoms with E-state index < -0.39 is 14.9 Å². The summed E-state index contributed by atoms with van der Waals surface area (Å²) in [5.41, 5.74) is 0.514. The van der Waals surface area contributed by atoms with Gasteiger partial charge in [-0.1, -0.05) is 32.0 Å². The van der Waals surface area contributed by atoms with E-state index in [9.17, 15) is 23.6 Å². The molecule has 32 heavy (non-hydrogen) atoms. The minimum Gasteiger partial charge on any atom is -0.493 e. The summed E-state index contributed by atoms with van der Waals surface area (Å²) in [6.07, 6.45) is 1.18. The van der Waals surface area contributed by atoms with Gasteiger partial charge in [-0.2, -0.15) is 4.31 Å².